The lowest BCUT2D eigenvalue weighted by Crippen LogP contribution is -2.61. The first kappa shape index (κ1) is 61.9. The number of phenolic OH excluding ortho intramolecular Hbond substituents is 1. The van der Waals surface area contributed by atoms with Crippen LogP contribution in [0, 0.1) is 5.92 Å². The molecule has 0 aromatic heterocycles. The van der Waals surface area contributed by atoms with Gasteiger partial charge in [-0.3, -0.25) is 57.5 Å². The number of aliphatic hydroxyl groups is 1. The molecule has 2 saturated heterocycles. The molecular formula is C49H76N12O14. The van der Waals surface area contributed by atoms with E-state index in [0.717, 1.165) is 44.9 Å². The van der Waals surface area contributed by atoms with Gasteiger partial charge in [0.1, 0.15) is 48.0 Å². The maximum atomic E-state index is 14.3. The van der Waals surface area contributed by atoms with E-state index in [4.69, 9.17) is 22.9 Å². The molecule has 1 aromatic carbocycles. The number of hydrogen-bond acceptors (Lipinski definition) is 14. The number of nitrogens with one attached hydrogen (secondary N) is 7. The van der Waals surface area contributed by atoms with Gasteiger partial charge in [-0.2, -0.15) is 0 Å². The lowest BCUT2D eigenvalue weighted by atomic mass is 10.0. The van der Waals surface area contributed by atoms with Crippen molar-refractivity contribution in [2.75, 3.05) is 13.2 Å². The maximum absolute atomic E-state index is 14.3. The Morgan fingerprint density at radius 1 is 0.573 bits per heavy atom. The van der Waals surface area contributed by atoms with Crippen molar-refractivity contribution >= 4 is 70.9 Å². The number of nitrogens with two attached hydrogens (primary N) is 4. The predicted octanol–water partition coefficient (Wildman–Crippen LogP) is -3.23. The van der Waals surface area contributed by atoms with E-state index in [-0.39, 0.29) is 31.6 Å². The predicted molar refractivity (Wildman–Crippen MR) is 268 cm³/mol. The molecule has 75 heavy (non-hydrogen) atoms. The SMILES string of the molecule is CC(C)CCCCCCCCC[C@@H]1CC(=O)N[C@H](CC(N)=O)C(=O)N[C@H](Cc2ccc(O)cc2)C(=O)N[C@H](CC(N)=O)C(=O)N[C@@H](CO)C(=O)N[C@@H](CC(N)=O)C(=O)N[C@@H](CCC(N)=O)C(=O)N2CCC[C@@H]2C(=O)N1. The number of hydrogen-bond donors (Lipinski definition) is 13. The summed E-state index contributed by atoms with van der Waals surface area (Å²) in [5.74, 6) is -12.1. The zero-order chi connectivity index (χ0) is 55.8. The van der Waals surface area contributed by atoms with Crippen molar-refractivity contribution in [1.82, 2.24) is 42.1 Å². The molecule has 2 aliphatic rings. The van der Waals surface area contributed by atoms with Crippen LogP contribution in [0.25, 0.3) is 0 Å². The van der Waals surface area contributed by atoms with Crippen molar-refractivity contribution in [2.24, 2.45) is 28.9 Å². The second-order valence-corrected chi connectivity index (χ2v) is 19.5. The smallest absolute Gasteiger partial charge is 0.245 e. The Morgan fingerprint density at radius 2 is 1.04 bits per heavy atom. The van der Waals surface area contributed by atoms with Gasteiger partial charge in [-0.25, -0.2) is 0 Å². The molecule has 26 nitrogen and oxygen atoms in total. The molecule has 2 heterocycles. The number of fused-ring (bicyclic) bond motifs is 1. The van der Waals surface area contributed by atoms with Crippen LogP contribution in [0.4, 0.5) is 0 Å². The van der Waals surface area contributed by atoms with Crippen LogP contribution in [0.3, 0.4) is 0 Å². The topological polar surface area (TPSA) is 437 Å². The van der Waals surface area contributed by atoms with Crippen molar-refractivity contribution in [3.63, 3.8) is 0 Å². The standard InChI is InChI=1S/C49H76N12O14/c1-27(2)11-8-6-4-3-5-7-9-12-29-22-42(68)55-33(23-39(51)65)44(70)57-32(21-28-14-16-30(63)17-15-28)43(69)58-35(25-41(53)67)46(72)60-36(26-62)47(73)59-34(24-40(52)66)45(71)56-31(18-19-38(50)64)49(75)61-20-10-13-37(61)48(74)54-29/h14-17,27,29,31-37,62-63H,3-13,18-26H2,1-2H3,(H2,50,64)(H2,51,65)(H2,52,66)(H2,53,67)(H,54,74)(H,55,68)(H,56,71)(H,57,70)(H,58,69)(H,59,73)(H,60,72)/t29-,31+,32-,33-,34+,35-,36+,37-/m1/s1. The molecule has 17 N–H and O–H groups in total. The lowest BCUT2D eigenvalue weighted by molar-refractivity contribution is -0.142. The normalized spacial score (nSPS) is 24.0. The highest BCUT2D eigenvalue weighted by atomic mass is 16.3. The second kappa shape index (κ2) is 31.4. The monoisotopic (exact) mass is 1060 g/mol. The number of primary amides is 4. The number of amides is 12. The van der Waals surface area contributed by atoms with Gasteiger partial charge in [0.2, 0.25) is 70.9 Å². The quantitative estimate of drug-likeness (QED) is 0.0509. The van der Waals surface area contributed by atoms with E-state index < -0.39 is 164 Å². The summed E-state index contributed by atoms with van der Waals surface area (Å²) in [6.07, 6.45) is 3.99. The fourth-order valence-electron chi connectivity index (χ4n) is 8.74. The summed E-state index contributed by atoms with van der Waals surface area (Å²) >= 11 is 0. The molecule has 0 radical (unpaired) electrons. The summed E-state index contributed by atoms with van der Waals surface area (Å²) in [5, 5.41) is 36.9. The van der Waals surface area contributed by atoms with E-state index >= 15 is 0 Å². The Kier molecular flexibility index (Phi) is 25.9. The minimum atomic E-state index is -1.96. The van der Waals surface area contributed by atoms with Gasteiger partial charge in [0, 0.05) is 31.8 Å². The minimum absolute atomic E-state index is 0.00721. The van der Waals surface area contributed by atoms with Crippen molar-refractivity contribution in [2.45, 2.75) is 178 Å². The third kappa shape index (κ3) is 22.3. The Balaban J connectivity index is 2.12. The Labute approximate surface area is 435 Å². The van der Waals surface area contributed by atoms with Gasteiger partial charge in [0.25, 0.3) is 0 Å². The molecular weight excluding hydrogens is 981 g/mol. The number of nitrogens with zero attached hydrogens (tertiary/aromatic N) is 1. The highest BCUT2D eigenvalue weighted by molar-refractivity contribution is 6.00. The van der Waals surface area contributed by atoms with E-state index in [2.05, 4.69) is 51.1 Å². The summed E-state index contributed by atoms with van der Waals surface area (Å²) in [6, 6.07) is -7.40. The molecule has 26 heteroatoms. The lowest BCUT2D eigenvalue weighted by Gasteiger charge is -2.31. The number of carbonyl (C=O) groups is 12. The first-order valence-corrected chi connectivity index (χ1v) is 25.4. The molecule has 8 atom stereocenters. The van der Waals surface area contributed by atoms with Crippen molar-refractivity contribution in [3.05, 3.63) is 29.8 Å². The van der Waals surface area contributed by atoms with E-state index in [1.165, 1.54) is 29.2 Å². The molecule has 2 fully saturated rings. The fourth-order valence-corrected chi connectivity index (χ4v) is 8.74. The molecule has 0 saturated carbocycles. The summed E-state index contributed by atoms with van der Waals surface area (Å²) in [5.41, 5.74) is 22.1. The molecule has 3 rings (SSSR count). The van der Waals surface area contributed by atoms with Crippen LogP contribution in [-0.2, 0) is 64.0 Å². The van der Waals surface area contributed by atoms with E-state index in [0.29, 0.717) is 24.3 Å². The van der Waals surface area contributed by atoms with Crippen LogP contribution < -0.4 is 60.2 Å². The first-order chi connectivity index (χ1) is 35.5. The molecule has 0 aliphatic carbocycles. The van der Waals surface area contributed by atoms with Gasteiger partial charge in [-0.15, -0.1) is 0 Å². The third-order valence-corrected chi connectivity index (χ3v) is 12.7. The van der Waals surface area contributed by atoms with Crippen LogP contribution >= 0.6 is 0 Å². The number of aromatic hydroxyl groups is 1. The average molecular weight is 1060 g/mol. The van der Waals surface area contributed by atoms with Crippen LogP contribution in [0.5, 0.6) is 5.75 Å². The number of phenols is 1. The third-order valence-electron chi connectivity index (χ3n) is 12.7. The van der Waals surface area contributed by atoms with Gasteiger partial charge in [-0.1, -0.05) is 77.3 Å². The van der Waals surface area contributed by atoms with Crippen molar-refractivity contribution in [1.29, 1.82) is 0 Å². The summed E-state index contributed by atoms with van der Waals surface area (Å²) < 4.78 is 0. The zero-order valence-corrected chi connectivity index (χ0v) is 42.7. The zero-order valence-electron chi connectivity index (χ0n) is 42.7. The highest BCUT2D eigenvalue weighted by Gasteiger charge is 2.40. The van der Waals surface area contributed by atoms with E-state index in [1.807, 2.05) is 0 Å². The van der Waals surface area contributed by atoms with E-state index in [9.17, 15) is 67.7 Å². The fraction of sp³-hybridized carbons (Fsp3) is 0.633. The first-order valence-electron chi connectivity index (χ1n) is 25.4. The Hall–Kier alpha value is -7.38. The number of rotatable bonds is 22. The number of aliphatic hydroxyl groups excluding tert-OH is 1. The highest BCUT2D eigenvalue weighted by Crippen LogP contribution is 2.22. The van der Waals surface area contributed by atoms with Gasteiger partial charge in [0.15, 0.2) is 0 Å². The van der Waals surface area contributed by atoms with Crippen LogP contribution in [-0.4, -0.2) is 147 Å². The van der Waals surface area contributed by atoms with Gasteiger partial charge in [0.05, 0.1) is 25.9 Å². The van der Waals surface area contributed by atoms with Gasteiger partial charge < -0.3 is 75.3 Å². The van der Waals surface area contributed by atoms with E-state index in [1.54, 1.807) is 0 Å². The largest absolute Gasteiger partial charge is 0.508 e. The number of carbonyl (C=O) groups excluding carboxylic acids is 12. The number of benzene rings is 1. The van der Waals surface area contributed by atoms with Gasteiger partial charge in [-0.05, 0) is 49.3 Å². The summed E-state index contributed by atoms with van der Waals surface area (Å²) in [6.45, 7) is 3.18. The summed E-state index contributed by atoms with van der Waals surface area (Å²) in [7, 11) is 0. The van der Waals surface area contributed by atoms with Crippen LogP contribution in [0.2, 0.25) is 0 Å². The maximum Gasteiger partial charge on any atom is 0.245 e. The molecule has 12 amide bonds. The molecule has 2 aliphatic heterocycles. The molecule has 1 aromatic rings. The Bertz CT molecular complexity index is 2190. The molecule has 0 spiro atoms. The van der Waals surface area contributed by atoms with Crippen molar-refractivity contribution < 1.29 is 67.7 Å². The van der Waals surface area contributed by atoms with Crippen LogP contribution in [0.15, 0.2) is 24.3 Å². The minimum Gasteiger partial charge on any atom is -0.508 e. The van der Waals surface area contributed by atoms with Crippen LogP contribution in [0.1, 0.15) is 129 Å². The Morgan fingerprint density at radius 3 is 1.56 bits per heavy atom. The molecule has 0 bridgehead atoms. The molecule has 416 valence electrons. The average Bonchev–Trinajstić information content (AvgIpc) is 3.83. The summed E-state index contributed by atoms with van der Waals surface area (Å²) in [4.78, 5) is 162. The second-order valence-electron chi connectivity index (χ2n) is 19.5. The van der Waals surface area contributed by atoms with Crippen molar-refractivity contribution in [3.8, 4) is 5.75 Å². The molecule has 0 unspecified atom stereocenters. The van der Waals surface area contributed by atoms with Gasteiger partial charge >= 0.3 is 0 Å². The number of unbranched alkanes of at least 4 members (excludes halogenated alkanes) is 6.